The number of nitrogens with zero attached hydrogens (tertiary/aromatic N) is 2. The highest BCUT2D eigenvalue weighted by atomic mass is 16.5. The van der Waals surface area contributed by atoms with Crippen LogP contribution in [0.4, 0.5) is 4.79 Å². The highest BCUT2D eigenvalue weighted by Gasteiger charge is 2.55. The van der Waals surface area contributed by atoms with Crippen LogP contribution in [0.3, 0.4) is 0 Å². The molecule has 3 heterocycles. The normalized spacial score (nSPS) is 27.0. The van der Waals surface area contributed by atoms with Crippen molar-refractivity contribution in [3.8, 4) is 0 Å². The molecule has 3 aliphatic heterocycles. The minimum Gasteiger partial charge on any atom is -0.376 e. The minimum absolute atomic E-state index is 0.00843. The predicted molar refractivity (Wildman–Crippen MR) is 130 cm³/mol. The first-order chi connectivity index (χ1) is 15.9. The molecule has 1 aromatic carbocycles. The van der Waals surface area contributed by atoms with Crippen molar-refractivity contribution in [2.24, 2.45) is 11.8 Å². The van der Waals surface area contributed by atoms with Crippen LogP contribution in [0.2, 0.25) is 0 Å². The first-order valence-corrected chi connectivity index (χ1v) is 13.0. The molecular formula is C27H41N3O3. The largest absolute Gasteiger partial charge is 0.376 e. The number of hydrogen-bond acceptors (Lipinski definition) is 4. The Labute approximate surface area is 199 Å². The van der Waals surface area contributed by atoms with Crippen molar-refractivity contribution < 1.29 is 14.3 Å². The second kappa shape index (κ2) is 10.6. The summed E-state index contributed by atoms with van der Waals surface area (Å²) in [4.78, 5) is 30.3. The number of carbonyl (C=O) groups is 2. The van der Waals surface area contributed by atoms with Gasteiger partial charge in [-0.15, -0.1) is 0 Å². The molecule has 0 unspecified atom stereocenters. The van der Waals surface area contributed by atoms with Crippen LogP contribution in [0.5, 0.6) is 0 Å². The highest BCUT2D eigenvalue weighted by molar-refractivity contribution is 6.07. The van der Waals surface area contributed by atoms with Gasteiger partial charge in [-0.2, -0.15) is 0 Å². The fraction of sp³-hybridized carbons (Fsp3) is 0.704. The number of carbonyl (C=O) groups excluding carboxylic acids is 2. The van der Waals surface area contributed by atoms with Crippen LogP contribution in [0, 0.1) is 11.8 Å². The molecule has 6 heteroatoms. The molecule has 1 N–H and O–H groups in total. The van der Waals surface area contributed by atoms with Crippen molar-refractivity contribution in [2.75, 3.05) is 26.2 Å². The summed E-state index contributed by atoms with van der Waals surface area (Å²) in [6.45, 7) is 10.6. The first-order valence-electron chi connectivity index (χ1n) is 13.0. The van der Waals surface area contributed by atoms with Gasteiger partial charge in [-0.1, -0.05) is 51.5 Å². The number of nitrogens with one attached hydrogen (secondary N) is 1. The molecule has 0 spiro atoms. The molecule has 0 aliphatic carbocycles. The van der Waals surface area contributed by atoms with Crippen molar-refractivity contribution in [3.63, 3.8) is 0 Å². The van der Waals surface area contributed by atoms with E-state index in [0.29, 0.717) is 18.9 Å². The van der Waals surface area contributed by atoms with E-state index in [1.54, 1.807) is 0 Å². The lowest BCUT2D eigenvalue weighted by molar-refractivity contribution is -0.135. The maximum Gasteiger partial charge on any atom is 0.325 e. The number of rotatable bonds is 9. The molecular weight excluding hydrogens is 414 g/mol. The van der Waals surface area contributed by atoms with E-state index in [0.717, 1.165) is 64.8 Å². The van der Waals surface area contributed by atoms with Crippen LogP contribution in [-0.4, -0.2) is 59.6 Å². The fourth-order valence-corrected chi connectivity index (χ4v) is 5.94. The zero-order valence-corrected chi connectivity index (χ0v) is 20.6. The standard InChI is InChI=1S/C27H41N3O3/c1-4-13-27(25(31)30(26(32)28-27)19-24-6-5-16-33-24)23-11-14-29(15-12-23)18-22-9-7-21(8-10-22)17-20(2)3/h7-10,20,23-24H,4-6,11-19H2,1-3H3,(H,28,32)/t24-,27+/m1/s1. The van der Waals surface area contributed by atoms with Gasteiger partial charge in [-0.3, -0.25) is 14.6 Å². The summed E-state index contributed by atoms with van der Waals surface area (Å²) in [5, 5.41) is 3.16. The summed E-state index contributed by atoms with van der Waals surface area (Å²) < 4.78 is 5.70. The van der Waals surface area contributed by atoms with Gasteiger partial charge in [-0.25, -0.2) is 4.79 Å². The molecule has 1 aromatic rings. The predicted octanol–water partition coefficient (Wildman–Crippen LogP) is 4.37. The average Bonchev–Trinajstić information content (AvgIpc) is 3.39. The average molecular weight is 456 g/mol. The Kier molecular flexibility index (Phi) is 7.75. The van der Waals surface area contributed by atoms with Crippen molar-refractivity contribution in [3.05, 3.63) is 35.4 Å². The van der Waals surface area contributed by atoms with Gasteiger partial charge in [0.05, 0.1) is 12.6 Å². The Morgan fingerprint density at radius 3 is 2.39 bits per heavy atom. The molecule has 0 saturated carbocycles. The summed E-state index contributed by atoms with van der Waals surface area (Å²) in [5.74, 6) is 0.836. The molecule has 182 valence electrons. The summed E-state index contributed by atoms with van der Waals surface area (Å²) >= 11 is 0. The number of hydrogen-bond donors (Lipinski definition) is 1. The van der Waals surface area contributed by atoms with E-state index in [4.69, 9.17) is 4.74 Å². The van der Waals surface area contributed by atoms with E-state index in [1.807, 2.05) is 0 Å². The Morgan fingerprint density at radius 2 is 1.79 bits per heavy atom. The summed E-state index contributed by atoms with van der Waals surface area (Å²) in [7, 11) is 0. The van der Waals surface area contributed by atoms with Crippen LogP contribution in [0.25, 0.3) is 0 Å². The maximum absolute atomic E-state index is 13.6. The van der Waals surface area contributed by atoms with E-state index in [-0.39, 0.29) is 24.0 Å². The highest BCUT2D eigenvalue weighted by Crippen LogP contribution is 2.37. The molecule has 3 amide bonds. The van der Waals surface area contributed by atoms with Gasteiger partial charge in [0.1, 0.15) is 5.54 Å². The van der Waals surface area contributed by atoms with Gasteiger partial charge in [-0.05, 0) is 74.6 Å². The monoisotopic (exact) mass is 455 g/mol. The molecule has 3 saturated heterocycles. The third-order valence-electron chi connectivity index (χ3n) is 7.61. The molecule has 3 aliphatic rings. The first kappa shape index (κ1) is 24.2. The van der Waals surface area contributed by atoms with E-state index in [9.17, 15) is 9.59 Å². The van der Waals surface area contributed by atoms with Gasteiger partial charge < -0.3 is 10.1 Å². The van der Waals surface area contributed by atoms with Crippen LogP contribution in [0.1, 0.15) is 70.4 Å². The van der Waals surface area contributed by atoms with E-state index in [1.165, 1.54) is 16.0 Å². The molecule has 0 radical (unpaired) electrons. The summed E-state index contributed by atoms with van der Waals surface area (Å²) in [6, 6.07) is 8.80. The second-order valence-corrected chi connectivity index (χ2v) is 10.7. The fourth-order valence-electron chi connectivity index (χ4n) is 5.94. The zero-order valence-electron chi connectivity index (χ0n) is 20.6. The molecule has 4 rings (SSSR count). The number of urea groups is 1. The molecule has 33 heavy (non-hydrogen) atoms. The number of piperidine rings is 1. The van der Waals surface area contributed by atoms with Crippen molar-refractivity contribution in [1.29, 1.82) is 0 Å². The van der Waals surface area contributed by atoms with Crippen LogP contribution >= 0.6 is 0 Å². The topological polar surface area (TPSA) is 61.9 Å². The van der Waals surface area contributed by atoms with Gasteiger partial charge in [0.15, 0.2) is 0 Å². The van der Waals surface area contributed by atoms with Crippen molar-refractivity contribution in [2.45, 2.75) is 83.9 Å². The maximum atomic E-state index is 13.6. The van der Waals surface area contributed by atoms with Gasteiger partial charge >= 0.3 is 6.03 Å². The van der Waals surface area contributed by atoms with Crippen molar-refractivity contribution in [1.82, 2.24) is 15.1 Å². The number of ether oxygens (including phenoxy) is 1. The summed E-state index contributed by atoms with van der Waals surface area (Å²) in [6.07, 6.45) is 6.50. The lowest BCUT2D eigenvalue weighted by Crippen LogP contribution is -2.56. The molecule has 3 fully saturated rings. The molecule has 0 bridgehead atoms. The smallest absolute Gasteiger partial charge is 0.325 e. The van der Waals surface area contributed by atoms with Crippen LogP contribution in [0.15, 0.2) is 24.3 Å². The number of imide groups is 1. The SMILES string of the molecule is CCC[C@@]1(C2CCN(Cc3ccc(CC(C)C)cc3)CC2)NC(=O)N(C[C@H]2CCCO2)C1=O. The van der Waals surface area contributed by atoms with E-state index < -0.39 is 5.54 Å². The van der Waals surface area contributed by atoms with Gasteiger partial charge in [0.2, 0.25) is 0 Å². The zero-order chi connectivity index (χ0) is 23.4. The quantitative estimate of drug-likeness (QED) is 0.562. The Hall–Kier alpha value is -1.92. The lowest BCUT2D eigenvalue weighted by atomic mass is 9.74. The van der Waals surface area contributed by atoms with Gasteiger partial charge in [0, 0.05) is 13.2 Å². The number of benzene rings is 1. The van der Waals surface area contributed by atoms with E-state index >= 15 is 0 Å². The van der Waals surface area contributed by atoms with Gasteiger partial charge in [0.25, 0.3) is 5.91 Å². The van der Waals surface area contributed by atoms with E-state index in [2.05, 4.69) is 55.3 Å². The molecule has 2 atom stereocenters. The number of likely N-dealkylation sites (tertiary alicyclic amines) is 1. The lowest BCUT2D eigenvalue weighted by Gasteiger charge is -2.41. The van der Waals surface area contributed by atoms with Crippen LogP contribution in [-0.2, 0) is 22.5 Å². The third-order valence-corrected chi connectivity index (χ3v) is 7.61. The minimum atomic E-state index is -0.741. The number of amides is 3. The molecule has 6 nitrogen and oxygen atoms in total. The summed E-state index contributed by atoms with van der Waals surface area (Å²) in [5.41, 5.74) is 2.00. The Balaban J connectivity index is 1.36. The van der Waals surface area contributed by atoms with Crippen molar-refractivity contribution >= 4 is 11.9 Å². The third kappa shape index (κ3) is 5.43. The Bertz CT molecular complexity index is 810. The second-order valence-electron chi connectivity index (χ2n) is 10.7. The Morgan fingerprint density at radius 1 is 1.09 bits per heavy atom. The molecule has 0 aromatic heterocycles. The van der Waals surface area contributed by atoms with Crippen LogP contribution < -0.4 is 5.32 Å².